The smallest absolute Gasteiger partial charge is 0.00387 e. The molecule has 18 heavy (non-hydrogen) atoms. The molecule has 1 aliphatic rings. The van der Waals surface area contributed by atoms with Crippen LogP contribution >= 0.6 is 0 Å². The van der Waals surface area contributed by atoms with Crippen molar-refractivity contribution in [1.29, 1.82) is 0 Å². The molecule has 1 N–H and O–H groups in total. The van der Waals surface area contributed by atoms with E-state index in [0.29, 0.717) is 0 Å². The van der Waals surface area contributed by atoms with Gasteiger partial charge in [0.2, 0.25) is 0 Å². The van der Waals surface area contributed by atoms with Crippen molar-refractivity contribution in [1.82, 2.24) is 5.32 Å². The summed E-state index contributed by atoms with van der Waals surface area (Å²) in [7, 11) is 0. The second kappa shape index (κ2) is 11.8. The third-order valence-electron chi connectivity index (χ3n) is 3.96. The van der Waals surface area contributed by atoms with E-state index in [1.54, 1.807) is 0 Å². The minimum atomic E-state index is 0.723. The minimum absolute atomic E-state index is 0.723. The molecule has 0 bridgehead atoms. The Bertz CT molecular complexity index is 198. The van der Waals surface area contributed by atoms with Gasteiger partial charge < -0.3 is 5.32 Å². The zero-order chi connectivity index (χ0) is 12.9. The van der Waals surface area contributed by atoms with Gasteiger partial charge in [-0.3, -0.25) is 0 Å². The first-order valence-corrected chi connectivity index (χ1v) is 8.28. The van der Waals surface area contributed by atoms with Gasteiger partial charge in [0.15, 0.2) is 0 Å². The second-order valence-corrected chi connectivity index (χ2v) is 5.87. The summed E-state index contributed by atoms with van der Waals surface area (Å²) in [6.45, 7) is 3.57. The number of hydrogen-bond acceptors (Lipinski definition) is 1. The highest BCUT2D eigenvalue weighted by Gasteiger charge is 2.00. The molecule has 0 fully saturated rings. The molecular formula is C17H33N. The van der Waals surface area contributed by atoms with E-state index >= 15 is 0 Å². The van der Waals surface area contributed by atoms with Gasteiger partial charge in [-0.05, 0) is 52.0 Å². The fraction of sp³-hybridized carbons (Fsp3) is 0.882. The van der Waals surface area contributed by atoms with Crippen LogP contribution in [0.25, 0.3) is 0 Å². The monoisotopic (exact) mass is 251 g/mol. The van der Waals surface area contributed by atoms with Crippen LogP contribution < -0.4 is 5.32 Å². The summed E-state index contributed by atoms with van der Waals surface area (Å²) in [5.41, 5.74) is 0. The van der Waals surface area contributed by atoms with Crippen molar-refractivity contribution in [3.05, 3.63) is 12.2 Å². The number of rotatable bonds is 0. The molecule has 1 rings (SSSR count). The zero-order valence-corrected chi connectivity index (χ0v) is 12.4. The molecule has 0 radical (unpaired) electrons. The lowest BCUT2D eigenvalue weighted by Crippen LogP contribution is -2.26. The van der Waals surface area contributed by atoms with Crippen LogP contribution in [0.3, 0.4) is 0 Å². The topological polar surface area (TPSA) is 12.0 Å². The maximum absolute atomic E-state index is 3.66. The fourth-order valence-electron chi connectivity index (χ4n) is 2.67. The van der Waals surface area contributed by atoms with Crippen molar-refractivity contribution in [2.24, 2.45) is 0 Å². The largest absolute Gasteiger partial charge is 0.314 e. The summed E-state index contributed by atoms with van der Waals surface area (Å²) in [6, 6.07) is 0.723. The molecule has 1 heterocycles. The summed E-state index contributed by atoms with van der Waals surface area (Å²) in [5.74, 6) is 0. The van der Waals surface area contributed by atoms with Crippen molar-refractivity contribution in [2.75, 3.05) is 6.54 Å². The average molecular weight is 251 g/mol. The predicted octanol–water partition coefficient (Wildman–Crippen LogP) is 5.22. The van der Waals surface area contributed by atoms with Crippen LogP contribution in [0.1, 0.15) is 84.0 Å². The van der Waals surface area contributed by atoms with Gasteiger partial charge in [0, 0.05) is 6.04 Å². The van der Waals surface area contributed by atoms with Crippen molar-refractivity contribution in [3.63, 3.8) is 0 Å². The van der Waals surface area contributed by atoms with Gasteiger partial charge in [-0.25, -0.2) is 0 Å². The normalized spacial score (nSPS) is 28.4. The van der Waals surface area contributed by atoms with Gasteiger partial charge in [-0.2, -0.15) is 0 Å². The highest BCUT2D eigenvalue weighted by molar-refractivity contribution is 4.81. The Morgan fingerprint density at radius 3 is 2.00 bits per heavy atom. The molecule has 1 unspecified atom stereocenters. The third-order valence-corrected chi connectivity index (χ3v) is 3.96. The van der Waals surface area contributed by atoms with Crippen LogP contribution in [-0.2, 0) is 0 Å². The Balaban J connectivity index is 2.15. The number of allylic oxidation sites excluding steroid dienone is 2. The highest BCUT2D eigenvalue weighted by Crippen LogP contribution is 2.10. The zero-order valence-electron chi connectivity index (χ0n) is 12.4. The molecule has 1 heteroatoms. The minimum Gasteiger partial charge on any atom is -0.314 e. The van der Waals surface area contributed by atoms with Crippen LogP contribution in [0.5, 0.6) is 0 Å². The molecule has 0 saturated heterocycles. The Kier molecular flexibility index (Phi) is 10.3. The van der Waals surface area contributed by atoms with E-state index in [-0.39, 0.29) is 0 Å². The Hall–Kier alpha value is -0.300. The maximum atomic E-state index is 3.66. The van der Waals surface area contributed by atoms with Gasteiger partial charge in [0.1, 0.15) is 0 Å². The molecule has 0 aromatic rings. The molecule has 0 saturated carbocycles. The fourth-order valence-corrected chi connectivity index (χ4v) is 2.67. The van der Waals surface area contributed by atoms with Crippen LogP contribution in [0.4, 0.5) is 0 Å². The lowest BCUT2D eigenvalue weighted by Gasteiger charge is -2.13. The Labute approximate surface area is 114 Å². The van der Waals surface area contributed by atoms with Crippen molar-refractivity contribution in [2.45, 2.75) is 90.0 Å². The van der Waals surface area contributed by atoms with Crippen molar-refractivity contribution < 1.29 is 0 Å². The van der Waals surface area contributed by atoms with Crippen LogP contribution in [0.2, 0.25) is 0 Å². The van der Waals surface area contributed by atoms with E-state index in [2.05, 4.69) is 24.4 Å². The first kappa shape index (κ1) is 15.8. The van der Waals surface area contributed by atoms with E-state index < -0.39 is 0 Å². The molecule has 1 aliphatic heterocycles. The molecule has 0 aliphatic carbocycles. The molecule has 0 amide bonds. The molecule has 106 valence electrons. The van der Waals surface area contributed by atoms with E-state index in [0.717, 1.165) is 6.04 Å². The van der Waals surface area contributed by atoms with Crippen LogP contribution in [0.15, 0.2) is 12.2 Å². The molecule has 0 aromatic carbocycles. The molecule has 0 aromatic heterocycles. The van der Waals surface area contributed by atoms with Gasteiger partial charge in [-0.1, -0.05) is 50.7 Å². The van der Waals surface area contributed by atoms with E-state index in [9.17, 15) is 0 Å². The summed E-state index contributed by atoms with van der Waals surface area (Å²) >= 11 is 0. The predicted molar refractivity (Wildman–Crippen MR) is 82.0 cm³/mol. The third kappa shape index (κ3) is 9.70. The van der Waals surface area contributed by atoms with Gasteiger partial charge in [-0.15, -0.1) is 0 Å². The molecule has 0 spiro atoms. The summed E-state index contributed by atoms with van der Waals surface area (Å²) < 4.78 is 0. The summed E-state index contributed by atoms with van der Waals surface area (Å²) in [6.07, 6.45) is 21.4. The Morgan fingerprint density at radius 2 is 1.28 bits per heavy atom. The van der Waals surface area contributed by atoms with Gasteiger partial charge >= 0.3 is 0 Å². The van der Waals surface area contributed by atoms with Crippen LogP contribution in [0, 0.1) is 0 Å². The van der Waals surface area contributed by atoms with Crippen molar-refractivity contribution >= 4 is 0 Å². The first-order chi connectivity index (χ1) is 8.89. The lowest BCUT2D eigenvalue weighted by molar-refractivity contribution is 0.468. The van der Waals surface area contributed by atoms with Crippen LogP contribution in [-0.4, -0.2) is 12.6 Å². The standard InChI is InChI=1S/C17H33N/c1-17-15-13-11-9-7-5-3-2-4-6-8-10-12-14-16-18-17/h2-3,17-18H,4-16H2,1H3/b3-2-. The number of nitrogens with one attached hydrogen (secondary N) is 1. The Morgan fingerprint density at radius 1 is 0.722 bits per heavy atom. The second-order valence-electron chi connectivity index (χ2n) is 5.87. The molecule has 1 atom stereocenters. The SMILES string of the molecule is CC1CCCCCC/C=C\CCCCCCCN1. The molecule has 1 nitrogen and oxygen atoms in total. The quantitative estimate of drug-likeness (QED) is 0.582. The van der Waals surface area contributed by atoms with Gasteiger partial charge in [0.05, 0.1) is 0 Å². The lowest BCUT2D eigenvalue weighted by atomic mass is 10.1. The summed E-state index contributed by atoms with van der Waals surface area (Å²) in [4.78, 5) is 0. The average Bonchev–Trinajstić information content (AvgIpc) is 2.37. The highest BCUT2D eigenvalue weighted by atomic mass is 14.9. The van der Waals surface area contributed by atoms with E-state index in [4.69, 9.17) is 0 Å². The van der Waals surface area contributed by atoms with Gasteiger partial charge in [0.25, 0.3) is 0 Å². The molecular weight excluding hydrogens is 218 g/mol. The van der Waals surface area contributed by atoms with E-state index in [1.807, 2.05) is 0 Å². The maximum Gasteiger partial charge on any atom is 0.00387 e. The first-order valence-electron chi connectivity index (χ1n) is 8.28. The van der Waals surface area contributed by atoms with E-state index in [1.165, 1.54) is 83.6 Å². The number of hydrogen-bond donors (Lipinski definition) is 1. The summed E-state index contributed by atoms with van der Waals surface area (Å²) in [5, 5.41) is 3.66. The van der Waals surface area contributed by atoms with Crippen molar-refractivity contribution in [3.8, 4) is 0 Å².